The van der Waals surface area contributed by atoms with Crippen LogP contribution in [0.3, 0.4) is 0 Å². The summed E-state index contributed by atoms with van der Waals surface area (Å²) in [5.41, 5.74) is 0. The predicted molar refractivity (Wildman–Crippen MR) is 94.9 cm³/mol. The lowest BCUT2D eigenvalue weighted by Crippen LogP contribution is -2.41. The number of carbonyl (C=O) groups is 1. The highest BCUT2D eigenvalue weighted by atomic mass is 79.9. The van der Waals surface area contributed by atoms with Crippen molar-refractivity contribution in [2.45, 2.75) is 32.7 Å². The van der Waals surface area contributed by atoms with Crippen LogP contribution in [-0.4, -0.2) is 30.4 Å². The standard InChI is InChI=1S/C18H23BrN2O3/c1-12-7-9-21(10-8-12)14(15-4-3-13(2)23-15)11-20-18(22)16-5-6-17(19)24-16/h3-6,12,14H,7-11H2,1-2H3,(H,20,22). The fourth-order valence-corrected chi connectivity index (χ4v) is 3.40. The predicted octanol–water partition coefficient (Wildman–Crippen LogP) is 4.15. The van der Waals surface area contributed by atoms with E-state index >= 15 is 0 Å². The number of amides is 1. The minimum atomic E-state index is -0.209. The average Bonchev–Trinajstić information content (AvgIpc) is 3.18. The highest BCUT2D eigenvalue weighted by Gasteiger charge is 2.27. The van der Waals surface area contributed by atoms with Gasteiger partial charge in [-0.05, 0) is 79.0 Å². The first kappa shape index (κ1) is 17.3. The van der Waals surface area contributed by atoms with Crippen LogP contribution in [0.4, 0.5) is 0 Å². The van der Waals surface area contributed by atoms with Crippen LogP contribution < -0.4 is 5.32 Å². The summed E-state index contributed by atoms with van der Waals surface area (Å²) >= 11 is 3.22. The number of rotatable bonds is 5. The highest BCUT2D eigenvalue weighted by Crippen LogP contribution is 2.27. The summed E-state index contributed by atoms with van der Waals surface area (Å²) in [7, 11) is 0. The first-order valence-corrected chi connectivity index (χ1v) is 9.16. The Morgan fingerprint density at radius 1 is 1.29 bits per heavy atom. The number of hydrogen-bond donors (Lipinski definition) is 1. The Morgan fingerprint density at radius 2 is 2.04 bits per heavy atom. The molecule has 0 aliphatic carbocycles. The number of halogens is 1. The lowest BCUT2D eigenvalue weighted by molar-refractivity contribution is 0.0868. The van der Waals surface area contributed by atoms with Crippen molar-refractivity contribution in [3.8, 4) is 0 Å². The van der Waals surface area contributed by atoms with Crippen molar-refractivity contribution in [1.29, 1.82) is 0 Å². The topological polar surface area (TPSA) is 58.6 Å². The van der Waals surface area contributed by atoms with Crippen LogP contribution in [0.25, 0.3) is 0 Å². The molecule has 0 saturated carbocycles. The smallest absolute Gasteiger partial charge is 0.287 e. The fraction of sp³-hybridized carbons (Fsp3) is 0.500. The molecule has 1 aliphatic heterocycles. The van der Waals surface area contributed by atoms with Gasteiger partial charge in [-0.1, -0.05) is 6.92 Å². The number of carbonyl (C=O) groups excluding carboxylic acids is 1. The van der Waals surface area contributed by atoms with Gasteiger partial charge in [0.25, 0.3) is 5.91 Å². The molecular weight excluding hydrogens is 372 g/mol. The second kappa shape index (κ2) is 7.57. The van der Waals surface area contributed by atoms with Crippen LogP contribution in [0, 0.1) is 12.8 Å². The molecule has 1 unspecified atom stereocenters. The van der Waals surface area contributed by atoms with Crippen molar-refractivity contribution >= 4 is 21.8 Å². The molecule has 1 saturated heterocycles. The number of likely N-dealkylation sites (tertiary alicyclic amines) is 1. The number of furan rings is 2. The summed E-state index contributed by atoms with van der Waals surface area (Å²) in [5, 5.41) is 2.97. The lowest BCUT2D eigenvalue weighted by atomic mass is 9.97. The number of hydrogen-bond acceptors (Lipinski definition) is 4. The zero-order valence-electron chi connectivity index (χ0n) is 14.0. The lowest BCUT2D eigenvalue weighted by Gasteiger charge is -2.35. The van der Waals surface area contributed by atoms with Crippen molar-refractivity contribution < 1.29 is 13.6 Å². The fourth-order valence-electron chi connectivity index (χ4n) is 3.10. The van der Waals surface area contributed by atoms with Crippen LogP contribution in [-0.2, 0) is 0 Å². The Hall–Kier alpha value is -1.53. The van der Waals surface area contributed by atoms with E-state index in [1.807, 2.05) is 19.1 Å². The van der Waals surface area contributed by atoms with E-state index in [1.165, 1.54) is 12.8 Å². The van der Waals surface area contributed by atoms with E-state index in [1.54, 1.807) is 12.1 Å². The molecule has 3 rings (SSSR count). The molecule has 0 aromatic carbocycles. The van der Waals surface area contributed by atoms with E-state index in [0.29, 0.717) is 17.0 Å². The van der Waals surface area contributed by atoms with Gasteiger partial charge in [-0.3, -0.25) is 9.69 Å². The third-order valence-electron chi connectivity index (χ3n) is 4.60. The molecule has 1 fully saturated rings. The first-order valence-electron chi connectivity index (χ1n) is 8.37. The van der Waals surface area contributed by atoms with Gasteiger partial charge >= 0.3 is 0 Å². The molecule has 5 nitrogen and oxygen atoms in total. The largest absolute Gasteiger partial charge is 0.465 e. The molecule has 0 radical (unpaired) electrons. The van der Waals surface area contributed by atoms with Crippen molar-refractivity contribution in [3.05, 3.63) is 46.2 Å². The number of aryl methyl sites for hydroxylation is 1. The second-order valence-corrected chi connectivity index (χ2v) is 7.28. The molecule has 6 heteroatoms. The molecule has 1 N–H and O–H groups in total. The van der Waals surface area contributed by atoms with E-state index in [2.05, 4.69) is 33.1 Å². The quantitative estimate of drug-likeness (QED) is 0.827. The summed E-state index contributed by atoms with van der Waals surface area (Å²) in [5.74, 6) is 2.66. The normalized spacial score (nSPS) is 17.8. The van der Waals surface area contributed by atoms with Gasteiger partial charge in [0.15, 0.2) is 10.4 Å². The number of piperidine rings is 1. The second-order valence-electron chi connectivity index (χ2n) is 6.50. The molecule has 3 heterocycles. The summed E-state index contributed by atoms with van der Waals surface area (Å²) in [4.78, 5) is 14.7. The number of nitrogens with zero attached hydrogens (tertiary/aromatic N) is 1. The maximum atomic E-state index is 12.3. The minimum absolute atomic E-state index is 0.0496. The van der Waals surface area contributed by atoms with E-state index < -0.39 is 0 Å². The molecule has 1 atom stereocenters. The van der Waals surface area contributed by atoms with Crippen molar-refractivity contribution in [3.63, 3.8) is 0 Å². The summed E-state index contributed by atoms with van der Waals surface area (Å²) in [6.07, 6.45) is 2.35. The molecule has 1 amide bonds. The van der Waals surface area contributed by atoms with Gasteiger partial charge < -0.3 is 14.2 Å². The Kier molecular flexibility index (Phi) is 5.46. The Morgan fingerprint density at radius 3 is 2.62 bits per heavy atom. The van der Waals surface area contributed by atoms with Crippen molar-refractivity contribution in [2.75, 3.05) is 19.6 Å². The monoisotopic (exact) mass is 394 g/mol. The molecule has 0 spiro atoms. The summed E-state index contributed by atoms with van der Waals surface area (Å²) in [6, 6.07) is 7.41. The van der Waals surface area contributed by atoms with E-state index in [4.69, 9.17) is 8.83 Å². The van der Waals surface area contributed by atoms with Gasteiger partial charge in [0.05, 0.1) is 6.04 Å². The molecular formula is C18H23BrN2O3. The van der Waals surface area contributed by atoms with Crippen LogP contribution >= 0.6 is 15.9 Å². The highest BCUT2D eigenvalue weighted by molar-refractivity contribution is 9.10. The molecule has 2 aromatic heterocycles. The van der Waals surface area contributed by atoms with Gasteiger partial charge in [0.1, 0.15) is 11.5 Å². The molecule has 24 heavy (non-hydrogen) atoms. The van der Waals surface area contributed by atoms with Crippen molar-refractivity contribution in [1.82, 2.24) is 10.2 Å². The van der Waals surface area contributed by atoms with Gasteiger partial charge in [-0.2, -0.15) is 0 Å². The van der Waals surface area contributed by atoms with Crippen molar-refractivity contribution in [2.24, 2.45) is 5.92 Å². The number of nitrogens with one attached hydrogen (secondary N) is 1. The molecule has 130 valence electrons. The van der Waals surface area contributed by atoms with Crippen LogP contribution in [0.15, 0.2) is 37.8 Å². The van der Waals surface area contributed by atoms with Crippen LogP contribution in [0.2, 0.25) is 0 Å². The maximum Gasteiger partial charge on any atom is 0.287 e. The van der Waals surface area contributed by atoms with Crippen LogP contribution in [0.5, 0.6) is 0 Å². The van der Waals surface area contributed by atoms with E-state index in [9.17, 15) is 4.79 Å². The Balaban J connectivity index is 1.69. The van der Waals surface area contributed by atoms with E-state index in [0.717, 1.165) is 30.5 Å². The van der Waals surface area contributed by atoms with E-state index in [-0.39, 0.29) is 11.9 Å². The van der Waals surface area contributed by atoms with Gasteiger partial charge in [0, 0.05) is 6.54 Å². The van der Waals surface area contributed by atoms with Gasteiger partial charge in [-0.15, -0.1) is 0 Å². The zero-order valence-corrected chi connectivity index (χ0v) is 15.6. The first-order chi connectivity index (χ1) is 11.5. The molecule has 0 bridgehead atoms. The Labute approximate surface area is 150 Å². The third-order valence-corrected chi connectivity index (χ3v) is 5.03. The summed E-state index contributed by atoms with van der Waals surface area (Å²) in [6.45, 7) is 6.78. The Bertz CT molecular complexity index is 686. The third kappa shape index (κ3) is 4.11. The van der Waals surface area contributed by atoms with Gasteiger partial charge in [0.2, 0.25) is 0 Å². The van der Waals surface area contributed by atoms with Gasteiger partial charge in [-0.25, -0.2) is 0 Å². The maximum absolute atomic E-state index is 12.3. The minimum Gasteiger partial charge on any atom is -0.465 e. The van der Waals surface area contributed by atoms with Crippen LogP contribution in [0.1, 0.15) is 47.9 Å². The summed E-state index contributed by atoms with van der Waals surface area (Å²) < 4.78 is 11.7. The average molecular weight is 395 g/mol. The SMILES string of the molecule is Cc1ccc(C(CNC(=O)c2ccc(Br)o2)N2CCC(C)CC2)o1. The zero-order chi connectivity index (χ0) is 17.1. The molecule has 1 aliphatic rings. The molecule has 2 aromatic rings.